The second-order valence-corrected chi connectivity index (χ2v) is 6.21. The van der Waals surface area contributed by atoms with Crippen LogP contribution in [0, 0.1) is 5.92 Å². The van der Waals surface area contributed by atoms with Crippen LogP contribution < -0.4 is 4.74 Å². The summed E-state index contributed by atoms with van der Waals surface area (Å²) >= 11 is 0. The zero-order valence-corrected chi connectivity index (χ0v) is 12.8. The lowest BCUT2D eigenvalue weighted by atomic mass is 9.90. The highest BCUT2D eigenvalue weighted by Crippen LogP contribution is 2.28. The van der Waals surface area contributed by atoms with Crippen molar-refractivity contribution in [2.24, 2.45) is 5.92 Å². The maximum atomic E-state index is 11.2. The first kappa shape index (κ1) is 15.8. The van der Waals surface area contributed by atoms with Gasteiger partial charge in [-0.15, -0.1) is 0 Å². The molecule has 1 aliphatic heterocycles. The van der Waals surface area contributed by atoms with Gasteiger partial charge in [0.1, 0.15) is 11.3 Å². The minimum absolute atomic E-state index is 0.188. The van der Waals surface area contributed by atoms with Gasteiger partial charge in [0.25, 0.3) is 0 Å². The predicted molar refractivity (Wildman–Crippen MR) is 79.6 cm³/mol. The standard InChI is InChI=1S/C16H23NO4/c1-16(2,20)12-6-7-17(10-12)9-11-4-5-14(21-3)13(8-11)15(18)19/h4-5,8,12,20H,6-7,9-10H2,1-3H3,(H,18,19)/t12-/m1/s1. The van der Waals surface area contributed by atoms with Gasteiger partial charge in [0.15, 0.2) is 0 Å². The van der Waals surface area contributed by atoms with Crippen molar-refractivity contribution in [3.8, 4) is 5.75 Å². The Morgan fingerprint density at radius 2 is 2.19 bits per heavy atom. The van der Waals surface area contributed by atoms with E-state index >= 15 is 0 Å². The highest BCUT2D eigenvalue weighted by atomic mass is 16.5. The highest BCUT2D eigenvalue weighted by Gasteiger charge is 2.33. The second kappa shape index (κ2) is 6.03. The molecule has 0 amide bonds. The normalized spacial score (nSPS) is 19.7. The molecule has 0 radical (unpaired) electrons. The minimum Gasteiger partial charge on any atom is -0.496 e. The second-order valence-electron chi connectivity index (χ2n) is 6.21. The van der Waals surface area contributed by atoms with Crippen molar-refractivity contribution in [2.75, 3.05) is 20.2 Å². The Labute approximate surface area is 125 Å². The number of aliphatic hydroxyl groups is 1. The number of hydrogen-bond donors (Lipinski definition) is 2. The molecule has 21 heavy (non-hydrogen) atoms. The summed E-state index contributed by atoms with van der Waals surface area (Å²) in [4.78, 5) is 13.5. The van der Waals surface area contributed by atoms with Crippen LogP contribution in [0.1, 0.15) is 36.2 Å². The van der Waals surface area contributed by atoms with Crippen LogP contribution in [0.25, 0.3) is 0 Å². The van der Waals surface area contributed by atoms with Gasteiger partial charge in [-0.25, -0.2) is 4.79 Å². The van der Waals surface area contributed by atoms with Gasteiger partial charge in [-0.1, -0.05) is 6.07 Å². The predicted octanol–water partition coefficient (Wildman–Crippen LogP) is 1.99. The number of methoxy groups -OCH3 is 1. The lowest BCUT2D eigenvalue weighted by Crippen LogP contribution is -2.33. The summed E-state index contributed by atoms with van der Waals surface area (Å²) in [5, 5.41) is 19.3. The molecule has 1 atom stereocenters. The SMILES string of the molecule is COc1ccc(CN2CC[C@@H](C(C)(C)O)C2)cc1C(=O)O. The summed E-state index contributed by atoms with van der Waals surface area (Å²) < 4.78 is 5.07. The number of rotatable bonds is 5. The molecule has 0 spiro atoms. The first-order valence-corrected chi connectivity index (χ1v) is 7.16. The fourth-order valence-electron chi connectivity index (χ4n) is 2.83. The van der Waals surface area contributed by atoms with Gasteiger partial charge in [0.2, 0.25) is 0 Å². The van der Waals surface area contributed by atoms with E-state index in [4.69, 9.17) is 4.74 Å². The Morgan fingerprint density at radius 1 is 1.48 bits per heavy atom. The van der Waals surface area contributed by atoms with E-state index in [0.29, 0.717) is 12.3 Å². The van der Waals surface area contributed by atoms with Crippen molar-refractivity contribution in [1.82, 2.24) is 4.90 Å². The number of benzene rings is 1. The Kier molecular flexibility index (Phi) is 4.54. The molecule has 0 unspecified atom stereocenters. The lowest BCUT2D eigenvalue weighted by Gasteiger charge is -2.25. The summed E-state index contributed by atoms with van der Waals surface area (Å²) in [6.45, 7) is 6.13. The lowest BCUT2D eigenvalue weighted by molar-refractivity contribution is 0.0208. The van der Waals surface area contributed by atoms with Gasteiger partial charge in [-0.2, -0.15) is 0 Å². The zero-order chi connectivity index (χ0) is 15.6. The Morgan fingerprint density at radius 3 is 2.71 bits per heavy atom. The fourth-order valence-corrected chi connectivity index (χ4v) is 2.83. The van der Waals surface area contributed by atoms with Gasteiger partial charge < -0.3 is 14.9 Å². The van der Waals surface area contributed by atoms with Gasteiger partial charge in [-0.3, -0.25) is 4.90 Å². The quantitative estimate of drug-likeness (QED) is 0.869. The molecule has 0 aliphatic carbocycles. The van der Waals surface area contributed by atoms with Crippen LogP contribution in [0.15, 0.2) is 18.2 Å². The van der Waals surface area contributed by atoms with E-state index in [9.17, 15) is 15.0 Å². The molecule has 1 aromatic carbocycles. The maximum Gasteiger partial charge on any atom is 0.339 e. The Balaban J connectivity index is 2.08. The Hall–Kier alpha value is -1.59. The van der Waals surface area contributed by atoms with E-state index in [0.717, 1.165) is 25.1 Å². The average molecular weight is 293 g/mol. The molecule has 0 bridgehead atoms. The molecule has 2 N–H and O–H groups in total. The van der Waals surface area contributed by atoms with Gasteiger partial charge >= 0.3 is 5.97 Å². The van der Waals surface area contributed by atoms with E-state index in [1.54, 1.807) is 12.1 Å². The summed E-state index contributed by atoms with van der Waals surface area (Å²) in [6.07, 6.45) is 0.964. The van der Waals surface area contributed by atoms with Gasteiger partial charge in [-0.05, 0) is 44.5 Å². The number of carboxylic acid groups (broad SMARTS) is 1. The summed E-state index contributed by atoms with van der Waals surface area (Å²) in [6, 6.07) is 5.25. The molecule has 1 aliphatic rings. The molecule has 5 nitrogen and oxygen atoms in total. The largest absolute Gasteiger partial charge is 0.496 e. The number of aromatic carboxylic acids is 1. The third-order valence-electron chi connectivity index (χ3n) is 4.17. The Bertz CT molecular complexity index is 521. The van der Waals surface area contributed by atoms with Crippen molar-refractivity contribution in [3.05, 3.63) is 29.3 Å². The van der Waals surface area contributed by atoms with Crippen LogP contribution in [-0.2, 0) is 6.54 Å². The van der Waals surface area contributed by atoms with Crippen molar-refractivity contribution in [3.63, 3.8) is 0 Å². The molecule has 1 aromatic rings. The molecule has 116 valence electrons. The van der Waals surface area contributed by atoms with Crippen LogP contribution in [0.2, 0.25) is 0 Å². The highest BCUT2D eigenvalue weighted by molar-refractivity contribution is 5.91. The molecule has 0 saturated carbocycles. The van der Waals surface area contributed by atoms with Crippen LogP contribution in [0.5, 0.6) is 5.75 Å². The van der Waals surface area contributed by atoms with E-state index in [-0.39, 0.29) is 11.5 Å². The number of hydrogen-bond acceptors (Lipinski definition) is 4. The third kappa shape index (κ3) is 3.74. The topological polar surface area (TPSA) is 70.0 Å². The van der Waals surface area contributed by atoms with Gasteiger partial charge in [0, 0.05) is 19.0 Å². The molecular formula is C16H23NO4. The summed E-state index contributed by atoms with van der Waals surface area (Å²) in [5.74, 6) is -0.346. The van der Waals surface area contributed by atoms with Crippen molar-refractivity contribution < 1.29 is 19.7 Å². The first-order chi connectivity index (χ1) is 9.81. The van der Waals surface area contributed by atoms with Crippen molar-refractivity contribution >= 4 is 5.97 Å². The third-order valence-corrected chi connectivity index (χ3v) is 4.17. The smallest absolute Gasteiger partial charge is 0.339 e. The van der Waals surface area contributed by atoms with Crippen LogP contribution >= 0.6 is 0 Å². The fraction of sp³-hybridized carbons (Fsp3) is 0.562. The molecule has 1 heterocycles. The molecule has 0 aromatic heterocycles. The van der Waals surface area contributed by atoms with E-state index < -0.39 is 11.6 Å². The minimum atomic E-state index is -0.982. The number of likely N-dealkylation sites (tertiary alicyclic amines) is 1. The molecule has 1 fully saturated rings. The van der Waals surface area contributed by atoms with Crippen LogP contribution in [0.3, 0.4) is 0 Å². The first-order valence-electron chi connectivity index (χ1n) is 7.16. The number of nitrogens with zero attached hydrogens (tertiary/aromatic N) is 1. The van der Waals surface area contributed by atoms with E-state index in [1.807, 2.05) is 19.9 Å². The van der Waals surface area contributed by atoms with Crippen LogP contribution in [0.4, 0.5) is 0 Å². The number of carbonyl (C=O) groups is 1. The van der Waals surface area contributed by atoms with E-state index in [2.05, 4.69) is 4.90 Å². The van der Waals surface area contributed by atoms with Crippen molar-refractivity contribution in [2.45, 2.75) is 32.4 Å². The average Bonchev–Trinajstić information content (AvgIpc) is 2.87. The zero-order valence-electron chi connectivity index (χ0n) is 12.8. The molecule has 5 heteroatoms. The van der Waals surface area contributed by atoms with Crippen LogP contribution in [-0.4, -0.2) is 46.9 Å². The van der Waals surface area contributed by atoms with Crippen molar-refractivity contribution in [1.29, 1.82) is 0 Å². The molecular weight excluding hydrogens is 270 g/mol. The molecule has 2 rings (SSSR count). The maximum absolute atomic E-state index is 11.2. The van der Waals surface area contributed by atoms with Gasteiger partial charge in [0.05, 0.1) is 12.7 Å². The number of ether oxygens (including phenoxy) is 1. The van der Waals surface area contributed by atoms with E-state index in [1.165, 1.54) is 7.11 Å². The monoisotopic (exact) mass is 293 g/mol. The summed E-state index contributed by atoms with van der Waals surface area (Å²) in [5.41, 5.74) is 0.471. The summed E-state index contributed by atoms with van der Waals surface area (Å²) in [7, 11) is 1.47. The number of carboxylic acids is 1. The molecule has 1 saturated heterocycles.